The number of alkyl halides is 6. The van der Waals surface area contributed by atoms with Crippen LogP contribution in [0.25, 0.3) is 0 Å². The average molecular weight is 617 g/mol. The molecular weight excluding hydrogens is 590 g/mol. The minimum atomic E-state index is -4.95. The van der Waals surface area contributed by atoms with Crippen molar-refractivity contribution in [3.05, 3.63) is 69.3 Å². The van der Waals surface area contributed by atoms with Crippen LogP contribution in [0.4, 0.5) is 38.1 Å². The van der Waals surface area contributed by atoms with Crippen LogP contribution in [-0.2, 0) is 25.4 Å². The molecule has 39 heavy (non-hydrogen) atoms. The highest BCUT2D eigenvalue weighted by atomic mass is 79.9. The lowest BCUT2D eigenvalue weighted by Gasteiger charge is -2.29. The van der Waals surface area contributed by atoms with E-state index < -0.39 is 23.5 Å². The Morgan fingerprint density at radius 1 is 0.872 bits per heavy atom. The van der Waals surface area contributed by atoms with Gasteiger partial charge >= 0.3 is 12.4 Å². The van der Waals surface area contributed by atoms with Crippen LogP contribution in [0, 0.1) is 12.8 Å². The number of anilines is 2. The smallest absolute Gasteiger partial charge is 0.356 e. The largest absolute Gasteiger partial charge is 0.416 e. The van der Waals surface area contributed by atoms with E-state index in [0.717, 1.165) is 44.5 Å². The molecule has 13 heteroatoms. The molecule has 6 nitrogen and oxygen atoms in total. The van der Waals surface area contributed by atoms with Crippen LogP contribution >= 0.6 is 15.9 Å². The van der Waals surface area contributed by atoms with Crippen LogP contribution in [-0.4, -0.2) is 33.0 Å². The monoisotopic (exact) mass is 616 g/mol. The molecule has 4 rings (SSSR count). The molecule has 0 spiro atoms. The van der Waals surface area contributed by atoms with Gasteiger partial charge in [-0.2, -0.15) is 26.3 Å². The molecule has 0 radical (unpaired) electrons. The molecule has 0 atom stereocenters. The normalized spacial score (nSPS) is 14.0. The first kappa shape index (κ1) is 29.0. The molecule has 2 heterocycles. The predicted octanol–water partition coefficient (Wildman–Crippen LogP) is 7.21. The first-order valence-corrected chi connectivity index (χ1v) is 13.2. The van der Waals surface area contributed by atoms with Gasteiger partial charge in [0.1, 0.15) is 11.6 Å². The van der Waals surface area contributed by atoms with Gasteiger partial charge in [-0.1, -0.05) is 6.92 Å². The number of nitrogens with zero attached hydrogens (tertiary/aromatic N) is 6. The lowest BCUT2D eigenvalue weighted by molar-refractivity contribution is -0.143. The Labute approximate surface area is 230 Å². The summed E-state index contributed by atoms with van der Waals surface area (Å²) < 4.78 is 81.7. The summed E-state index contributed by atoms with van der Waals surface area (Å²) in [5.41, 5.74) is -2.25. The zero-order valence-corrected chi connectivity index (χ0v) is 22.9. The van der Waals surface area contributed by atoms with Crippen LogP contribution in [0.1, 0.15) is 54.3 Å². The molecule has 0 aliphatic heterocycles. The van der Waals surface area contributed by atoms with Crippen LogP contribution in [0.2, 0.25) is 0 Å². The van der Waals surface area contributed by atoms with Gasteiger partial charge in [0.25, 0.3) is 0 Å². The van der Waals surface area contributed by atoms with E-state index in [1.54, 1.807) is 13.1 Å². The second-order valence-electron chi connectivity index (χ2n) is 9.63. The van der Waals surface area contributed by atoms with Crippen LogP contribution in [0.5, 0.6) is 0 Å². The molecule has 1 aliphatic rings. The quantitative estimate of drug-likeness (QED) is 0.224. The van der Waals surface area contributed by atoms with Gasteiger partial charge in [0.2, 0.25) is 5.95 Å². The molecule has 2 aromatic heterocycles. The molecule has 0 bridgehead atoms. The minimum Gasteiger partial charge on any atom is -0.356 e. The Hall–Kier alpha value is -2.96. The number of rotatable bonds is 10. The summed E-state index contributed by atoms with van der Waals surface area (Å²) in [6.45, 7) is 5.15. The second kappa shape index (κ2) is 11.6. The van der Waals surface area contributed by atoms with E-state index in [-0.39, 0.29) is 30.7 Å². The Balaban J connectivity index is 1.75. The van der Waals surface area contributed by atoms with Crippen LogP contribution in [0.3, 0.4) is 0 Å². The average Bonchev–Trinajstić information content (AvgIpc) is 3.68. The summed E-state index contributed by atoms with van der Waals surface area (Å²) in [4.78, 5) is 21.2. The molecule has 1 aromatic carbocycles. The number of benzene rings is 1. The molecule has 1 saturated carbocycles. The number of hydrogen-bond acceptors (Lipinski definition) is 6. The highest BCUT2D eigenvalue weighted by Crippen LogP contribution is 2.37. The van der Waals surface area contributed by atoms with Crippen molar-refractivity contribution >= 4 is 27.7 Å². The van der Waals surface area contributed by atoms with Crippen molar-refractivity contribution in [2.75, 3.05) is 22.9 Å². The van der Waals surface area contributed by atoms with Gasteiger partial charge in [0.15, 0.2) is 0 Å². The number of halogens is 7. The van der Waals surface area contributed by atoms with Gasteiger partial charge in [-0.25, -0.2) is 19.9 Å². The van der Waals surface area contributed by atoms with Gasteiger partial charge in [0, 0.05) is 43.8 Å². The third kappa shape index (κ3) is 7.80. The fourth-order valence-corrected chi connectivity index (χ4v) is 4.44. The predicted molar refractivity (Wildman–Crippen MR) is 138 cm³/mol. The number of aryl methyl sites for hydroxylation is 1. The van der Waals surface area contributed by atoms with Gasteiger partial charge in [-0.05, 0) is 71.8 Å². The fourth-order valence-electron chi connectivity index (χ4n) is 4.24. The van der Waals surface area contributed by atoms with E-state index in [9.17, 15) is 26.3 Å². The second-order valence-corrected chi connectivity index (χ2v) is 10.5. The van der Waals surface area contributed by atoms with E-state index in [1.807, 2.05) is 0 Å². The van der Waals surface area contributed by atoms with Crippen molar-refractivity contribution in [2.45, 2.75) is 58.6 Å². The Bertz CT molecular complexity index is 1250. The van der Waals surface area contributed by atoms with Crippen molar-refractivity contribution in [3.63, 3.8) is 0 Å². The van der Waals surface area contributed by atoms with E-state index in [0.29, 0.717) is 27.6 Å². The maximum atomic E-state index is 13.5. The van der Waals surface area contributed by atoms with Crippen molar-refractivity contribution < 1.29 is 26.3 Å². The Morgan fingerprint density at radius 3 is 2.03 bits per heavy atom. The molecule has 3 aromatic rings. The first-order chi connectivity index (χ1) is 18.3. The van der Waals surface area contributed by atoms with E-state index >= 15 is 0 Å². The molecule has 0 saturated heterocycles. The van der Waals surface area contributed by atoms with Crippen LogP contribution < -0.4 is 9.80 Å². The molecule has 0 amide bonds. The lowest BCUT2D eigenvalue weighted by Crippen LogP contribution is -2.31. The Morgan fingerprint density at radius 2 is 1.49 bits per heavy atom. The summed E-state index contributed by atoms with van der Waals surface area (Å²) in [5, 5.41) is 0. The van der Waals surface area contributed by atoms with Crippen molar-refractivity contribution in [2.24, 2.45) is 5.92 Å². The molecule has 1 fully saturated rings. The third-order valence-electron chi connectivity index (χ3n) is 6.20. The highest BCUT2D eigenvalue weighted by molar-refractivity contribution is 9.10. The topological polar surface area (TPSA) is 58.0 Å². The maximum Gasteiger partial charge on any atom is 0.416 e. The minimum absolute atomic E-state index is 0.0692. The summed E-state index contributed by atoms with van der Waals surface area (Å²) in [5.74, 6) is 1.96. The standard InChI is InChI=1S/C26H27BrF6N6/c1-3-6-38(13-17-4-5-17)23-19(10-34-16(2)37-23)15-39(24-35-11-22(27)12-36-24)14-18-7-20(25(28,29)30)9-21(8-18)26(31,32)33/h7-12,17H,3-6,13-15H2,1-2H3. The molecule has 1 aliphatic carbocycles. The Kier molecular flexibility index (Phi) is 8.67. The summed E-state index contributed by atoms with van der Waals surface area (Å²) in [6, 6.07) is 1.57. The summed E-state index contributed by atoms with van der Waals surface area (Å²) in [6.07, 6.45) is -2.18. The summed E-state index contributed by atoms with van der Waals surface area (Å²) in [7, 11) is 0. The van der Waals surface area contributed by atoms with E-state index in [1.165, 1.54) is 17.3 Å². The molecular formula is C26H27BrF6N6. The van der Waals surface area contributed by atoms with E-state index in [4.69, 9.17) is 0 Å². The fraction of sp³-hybridized carbons (Fsp3) is 0.462. The maximum absolute atomic E-state index is 13.5. The summed E-state index contributed by atoms with van der Waals surface area (Å²) >= 11 is 3.26. The highest BCUT2D eigenvalue weighted by Gasteiger charge is 2.37. The number of hydrogen-bond donors (Lipinski definition) is 0. The lowest BCUT2D eigenvalue weighted by atomic mass is 10.0. The first-order valence-electron chi connectivity index (χ1n) is 12.4. The number of aromatic nitrogens is 4. The van der Waals surface area contributed by atoms with E-state index in [2.05, 4.69) is 47.7 Å². The van der Waals surface area contributed by atoms with Crippen LogP contribution in [0.15, 0.2) is 41.3 Å². The van der Waals surface area contributed by atoms with Gasteiger partial charge in [0.05, 0.1) is 22.1 Å². The third-order valence-corrected chi connectivity index (χ3v) is 6.61. The molecule has 210 valence electrons. The van der Waals surface area contributed by atoms with Crippen molar-refractivity contribution in [3.8, 4) is 0 Å². The SMILES string of the molecule is CCCN(CC1CC1)c1nc(C)ncc1CN(Cc1cc(C(F)(F)F)cc(C(F)(F)F)c1)c1ncc(Br)cn1. The molecule has 0 unspecified atom stereocenters. The zero-order valence-electron chi connectivity index (χ0n) is 21.3. The van der Waals surface area contributed by atoms with Gasteiger partial charge in [-0.3, -0.25) is 0 Å². The van der Waals surface area contributed by atoms with Gasteiger partial charge < -0.3 is 9.80 Å². The zero-order chi connectivity index (χ0) is 28.4. The van der Waals surface area contributed by atoms with Crippen molar-refractivity contribution in [1.29, 1.82) is 0 Å². The van der Waals surface area contributed by atoms with Gasteiger partial charge in [-0.15, -0.1) is 0 Å². The molecule has 0 N–H and O–H groups in total. The van der Waals surface area contributed by atoms with Crippen molar-refractivity contribution in [1.82, 2.24) is 19.9 Å².